The molecule has 9 heteroatoms. The summed E-state index contributed by atoms with van der Waals surface area (Å²) in [5.41, 5.74) is 0.630. The van der Waals surface area contributed by atoms with Crippen molar-refractivity contribution in [2.45, 2.75) is 6.54 Å². The van der Waals surface area contributed by atoms with Crippen LogP contribution >= 0.6 is 23.2 Å². The number of nitro benzene ring substituents is 1. The van der Waals surface area contributed by atoms with Crippen molar-refractivity contribution in [3.05, 3.63) is 73.8 Å². The van der Waals surface area contributed by atoms with Gasteiger partial charge in [0.2, 0.25) is 5.91 Å². The quantitative estimate of drug-likeness (QED) is 0.599. The van der Waals surface area contributed by atoms with Crippen LogP contribution < -0.4 is 5.32 Å². The Balaban J connectivity index is 1.94. The summed E-state index contributed by atoms with van der Waals surface area (Å²) in [6, 6.07) is 10.2. The number of nitro groups is 1. The highest BCUT2D eigenvalue weighted by Crippen LogP contribution is 2.22. The molecule has 0 aliphatic heterocycles. The number of hydrogen-bond donors (Lipinski definition) is 1. The topological polar surface area (TPSA) is 92.6 Å². The monoisotopic (exact) mass is 395 g/mol. The number of halogens is 2. The third-order valence-corrected chi connectivity index (χ3v) is 4.15. The van der Waals surface area contributed by atoms with E-state index in [1.165, 1.54) is 23.1 Å². The number of rotatable bonds is 6. The smallest absolute Gasteiger partial charge is 0.270 e. The summed E-state index contributed by atoms with van der Waals surface area (Å²) in [5, 5.41) is 14.1. The zero-order valence-electron chi connectivity index (χ0n) is 13.7. The SMILES string of the molecule is CN(Cc1ccc(Cl)cc1Cl)C(=O)CNC(=O)c1cccc([N+](=O)[O-])c1. The second-order valence-corrected chi connectivity index (χ2v) is 6.32. The maximum atomic E-state index is 12.2. The van der Waals surface area contributed by atoms with Crippen molar-refractivity contribution in [3.63, 3.8) is 0 Å². The molecule has 7 nitrogen and oxygen atoms in total. The molecular formula is C17H15Cl2N3O4. The maximum absolute atomic E-state index is 12.2. The van der Waals surface area contributed by atoms with E-state index in [-0.39, 0.29) is 30.2 Å². The highest BCUT2D eigenvalue weighted by atomic mass is 35.5. The van der Waals surface area contributed by atoms with Crippen LogP contribution in [0.1, 0.15) is 15.9 Å². The van der Waals surface area contributed by atoms with Gasteiger partial charge in [0.05, 0.1) is 11.5 Å². The lowest BCUT2D eigenvalue weighted by atomic mass is 10.2. The molecule has 0 radical (unpaired) electrons. The lowest BCUT2D eigenvalue weighted by Gasteiger charge is -2.18. The molecule has 2 aromatic carbocycles. The van der Waals surface area contributed by atoms with Crippen molar-refractivity contribution >= 4 is 40.7 Å². The summed E-state index contributed by atoms with van der Waals surface area (Å²) in [5.74, 6) is -0.908. The molecule has 0 fully saturated rings. The number of nitrogens with zero attached hydrogens (tertiary/aromatic N) is 2. The Morgan fingerprint density at radius 3 is 2.58 bits per heavy atom. The molecule has 1 N–H and O–H groups in total. The van der Waals surface area contributed by atoms with Gasteiger partial charge < -0.3 is 10.2 Å². The highest BCUT2D eigenvalue weighted by molar-refractivity contribution is 6.35. The molecule has 0 bridgehead atoms. The number of hydrogen-bond acceptors (Lipinski definition) is 4. The average molecular weight is 396 g/mol. The number of likely N-dealkylation sites (N-methyl/N-ethyl adjacent to an activating group) is 1. The van der Waals surface area contributed by atoms with Crippen LogP contribution in [-0.4, -0.2) is 35.2 Å². The molecule has 0 spiro atoms. The van der Waals surface area contributed by atoms with E-state index in [9.17, 15) is 19.7 Å². The first-order valence-electron chi connectivity index (χ1n) is 7.48. The van der Waals surface area contributed by atoms with Crippen LogP contribution in [0.3, 0.4) is 0 Å². The Labute approximate surface area is 159 Å². The molecule has 2 amide bonds. The van der Waals surface area contributed by atoms with Crippen molar-refractivity contribution in [1.82, 2.24) is 10.2 Å². The molecule has 0 aliphatic rings. The molecule has 0 aromatic heterocycles. The number of benzene rings is 2. The van der Waals surface area contributed by atoms with Crippen molar-refractivity contribution < 1.29 is 14.5 Å². The predicted octanol–water partition coefficient (Wildman–Crippen LogP) is 3.29. The minimum Gasteiger partial charge on any atom is -0.343 e. The molecule has 2 aromatic rings. The Morgan fingerprint density at radius 1 is 1.19 bits per heavy atom. The third-order valence-electron chi connectivity index (χ3n) is 3.57. The van der Waals surface area contributed by atoms with Gasteiger partial charge in [0.25, 0.3) is 11.6 Å². The van der Waals surface area contributed by atoms with E-state index in [4.69, 9.17) is 23.2 Å². The Morgan fingerprint density at radius 2 is 1.92 bits per heavy atom. The van der Waals surface area contributed by atoms with Crippen molar-refractivity contribution in [1.29, 1.82) is 0 Å². The molecule has 0 atom stereocenters. The van der Waals surface area contributed by atoms with Crippen LogP contribution in [0.2, 0.25) is 10.0 Å². The number of carbonyl (C=O) groups excluding carboxylic acids is 2. The molecule has 0 heterocycles. The Bertz CT molecular complexity index is 858. The summed E-state index contributed by atoms with van der Waals surface area (Å²) >= 11 is 11.9. The summed E-state index contributed by atoms with van der Waals surface area (Å²) in [6.07, 6.45) is 0. The molecule has 0 saturated carbocycles. The second-order valence-electron chi connectivity index (χ2n) is 5.48. The van der Waals surface area contributed by atoms with Crippen molar-refractivity contribution in [3.8, 4) is 0 Å². The summed E-state index contributed by atoms with van der Waals surface area (Å²) in [4.78, 5) is 35.8. The first-order valence-corrected chi connectivity index (χ1v) is 8.24. The fourth-order valence-electron chi connectivity index (χ4n) is 2.15. The fourth-order valence-corrected chi connectivity index (χ4v) is 2.62. The summed E-state index contributed by atoms with van der Waals surface area (Å²) in [6.45, 7) is 0.00471. The van der Waals surface area contributed by atoms with Gasteiger partial charge in [0, 0.05) is 41.3 Å². The standard InChI is InChI=1S/C17H15Cl2N3O4/c1-21(10-12-5-6-13(18)8-15(12)19)16(23)9-20-17(24)11-3-2-4-14(7-11)22(25)26/h2-8H,9-10H2,1H3,(H,20,24). The third kappa shape index (κ3) is 5.18. The summed E-state index contributed by atoms with van der Waals surface area (Å²) < 4.78 is 0. The van der Waals surface area contributed by atoms with Crippen LogP contribution in [0.5, 0.6) is 0 Å². The van der Waals surface area contributed by atoms with Gasteiger partial charge in [-0.05, 0) is 23.8 Å². The van der Waals surface area contributed by atoms with Crippen LogP contribution in [0.15, 0.2) is 42.5 Å². The zero-order chi connectivity index (χ0) is 19.3. The van der Waals surface area contributed by atoms with Crippen molar-refractivity contribution in [2.24, 2.45) is 0 Å². The number of non-ortho nitro benzene ring substituents is 1. The van der Waals surface area contributed by atoms with E-state index in [0.29, 0.717) is 10.0 Å². The van der Waals surface area contributed by atoms with E-state index in [2.05, 4.69) is 5.32 Å². The second kappa shape index (κ2) is 8.64. The van der Waals surface area contributed by atoms with E-state index >= 15 is 0 Å². The number of carbonyl (C=O) groups is 2. The van der Waals surface area contributed by atoms with Crippen LogP contribution in [0.4, 0.5) is 5.69 Å². The van der Waals surface area contributed by atoms with Gasteiger partial charge in [-0.1, -0.05) is 35.3 Å². The number of amides is 2. The van der Waals surface area contributed by atoms with Crippen molar-refractivity contribution in [2.75, 3.05) is 13.6 Å². The van der Waals surface area contributed by atoms with E-state index < -0.39 is 10.8 Å². The first-order chi connectivity index (χ1) is 12.3. The van der Waals surface area contributed by atoms with Gasteiger partial charge in [-0.2, -0.15) is 0 Å². The molecule has 0 aliphatic carbocycles. The van der Waals surface area contributed by atoms with Crippen LogP contribution in [-0.2, 0) is 11.3 Å². The molecule has 0 unspecified atom stereocenters. The van der Waals surface area contributed by atoms with E-state index in [0.717, 1.165) is 11.6 Å². The van der Waals surface area contributed by atoms with Crippen LogP contribution in [0, 0.1) is 10.1 Å². The van der Waals surface area contributed by atoms with Gasteiger partial charge in [-0.15, -0.1) is 0 Å². The predicted molar refractivity (Wildman–Crippen MR) is 98.4 cm³/mol. The zero-order valence-corrected chi connectivity index (χ0v) is 15.3. The van der Waals surface area contributed by atoms with Gasteiger partial charge in [0.1, 0.15) is 0 Å². The molecular weight excluding hydrogens is 381 g/mol. The number of nitrogens with one attached hydrogen (secondary N) is 1. The minimum absolute atomic E-state index is 0.107. The lowest BCUT2D eigenvalue weighted by molar-refractivity contribution is -0.384. The van der Waals surface area contributed by atoms with Gasteiger partial charge in [-0.25, -0.2) is 0 Å². The van der Waals surface area contributed by atoms with E-state index in [1.807, 2.05) is 0 Å². The molecule has 0 saturated heterocycles. The molecule has 136 valence electrons. The Hall–Kier alpha value is -2.64. The minimum atomic E-state index is -0.592. The largest absolute Gasteiger partial charge is 0.343 e. The fraction of sp³-hybridized carbons (Fsp3) is 0.176. The maximum Gasteiger partial charge on any atom is 0.270 e. The van der Waals surface area contributed by atoms with Crippen LogP contribution in [0.25, 0.3) is 0 Å². The Kier molecular flexibility index (Phi) is 6.54. The molecule has 26 heavy (non-hydrogen) atoms. The normalized spacial score (nSPS) is 10.3. The van der Waals surface area contributed by atoms with Gasteiger partial charge in [-0.3, -0.25) is 19.7 Å². The lowest BCUT2D eigenvalue weighted by Crippen LogP contribution is -2.37. The van der Waals surface area contributed by atoms with Gasteiger partial charge in [0.15, 0.2) is 0 Å². The average Bonchev–Trinajstić information content (AvgIpc) is 2.61. The van der Waals surface area contributed by atoms with Gasteiger partial charge >= 0.3 is 0 Å². The van der Waals surface area contributed by atoms with E-state index in [1.54, 1.807) is 25.2 Å². The highest BCUT2D eigenvalue weighted by Gasteiger charge is 2.15. The first kappa shape index (κ1) is 19.7. The molecule has 2 rings (SSSR count). The summed E-state index contributed by atoms with van der Waals surface area (Å²) in [7, 11) is 1.58.